The summed E-state index contributed by atoms with van der Waals surface area (Å²) < 4.78 is 57.0. The van der Waals surface area contributed by atoms with Crippen LogP contribution in [0.25, 0.3) is 0 Å². The van der Waals surface area contributed by atoms with Crippen molar-refractivity contribution in [1.82, 2.24) is 10.3 Å². The Labute approximate surface area is 262 Å². The van der Waals surface area contributed by atoms with Gasteiger partial charge in [0.25, 0.3) is 5.91 Å². The number of carbonyl (C=O) groups excluding carboxylic acids is 3. The summed E-state index contributed by atoms with van der Waals surface area (Å²) >= 11 is 6.51. The summed E-state index contributed by atoms with van der Waals surface area (Å²) in [5, 5.41) is 12.0. The predicted octanol–water partition coefficient (Wildman–Crippen LogP) is 6.08. The molecular weight excluding hydrogens is 614 g/mol. The van der Waals surface area contributed by atoms with E-state index in [1.807, 2.05) is 6.07 Å². The maximum absolute atomic E-state index is 14.6. The first kappa shape index (κ1) is 33.4. The van der Waals surface area contributed by atoms with Gasteiger partial charge in [0, 0.05) is 42.6 Å². The monoisotopic (exact) mass is 643 g/mol. The molecule has 4 rings (SSSR count). The van der Waals surface area contributed by atoms with Crippen molar-refractivity contribution in [3.05, 3.63) is 89.1 Å². The molecule has 1 aliphatic heterocycles. The number of halogens is 5. The second-order valence-corrected chi connectivity index (χ2v) is 11.2. The third-order valence-corrected chi connectivity index (χ3v) is 7.99. The molecule has 13 heteroatoms. The molecule has 8 nitrogen and oxygen atoms in total. The Bertz CT molecular complexity index is 1570. The van der Waals surface area contributed by atoms with Crippen LogP contribution in [0.4, 0.5) is 29.1 Å². The van der Waals surface area contributed by atoms with Gasteiger partial charge >= 0.3 is 0 Å². The number of allylic oxidation sites excluding steroid dienone is 3. The Morgan fingerprint density at radius 1 is 1.20 bits per heavy atom. The first-order valence-corrected chi connectivity index (χ1v) is 14.6. The van der Waals surface area contributed by atoms with Gasteiger partial charge in [-0.05, 0) is 62.1 Å². The van der Waals surface area contributed by atoms with Gasteiger partial charge in [-0.15, -0.1) is 0 Å². The lowest BCUT2D eigenvalue weighted by atomic mass is 9.91. The highest BCUT2D eigenvalue weighted by Crippen LogP contribution is 2.35. The third-order valence-electron chi connectivity index (χ3n) is 7.62. The lowest BCUT2D eigenvalue weighted by molar-refractivity contribution is -0.127. The second kappa shape index (κ2) is 14.1. The third kappa shape index (κ3) is 7.78. The van der Waals surface area contributed by atoms with Gasteiger partial charge in [-0.25, -0.2) is 22.5 Å². The van der Waals surface area contributed by atoms with Crippen molar-refractivity contribution >= 4 is 40.8 Å². The highest BCUT2D eigenvalue weighted by atomic mass is 35.5. The van der Waals surface area contributed by atoms with E-state index in [1.54, 1.807) is 19.1 Å². The zero-order chi connectivity index (χ0) is 32.9. The molecule has 45 heavy (non-hydrogen) atoms. The van der Waals surface area contributed by atoms with E-state index in [0.29, 0.717) is 6.07 Å². The molecule has 1 aliphatic carbocycles. The molecule has 0 unspecified atom stereocenters. The minimum Gasteiger partial charge on any atom is -0.351 e. The van der Waals surface area contributed by atoms with Gasteiger partial charge in [-0.2, -0.15) is 5.26 Å². The van der Waals surface area contributed by atoms with E-state index in [4.69, 9.17) is 11.6 Å². The standard InChI is InChI=1S/C32H30ClF4N5O3/c1-3-4-5-25(33)19(2)29(30(44)40-23-8-11-32(36,37)12-9-23)41(24-16-21(34)15-22(35)17-24)31(45)26-6-7-28(43)42(26)27-14-20(18-38)10-13-39-27/h3-5,10,13-17,23,26,29H,2,6-9,11-12H2,1H3,(H,40,44)/b4-3-,25-5+/t26-,29-/m0/s1. The molecule has 236 valence electrons. The van der Waals surface area contributed by atoms with Crippen LogP contribution in [0.5, 0.6) is 0 Å². The molecule has 1 saturated carbocycles. The van der Waals surface area contributed by atoms with Crippen LogP contribution in [-0.2, 0) is 14.4 Å². The molecule has 1 N–H and O–H groups in total. The van der Waals surface area contributed by atoms with E-state index < -0.39 is 66.2 Å². The number of pyridine rings is 1. The molecule has 3 amide bonds. The first-order chi connectivity index (χ1) is 21.3. The Morgan fingerprint density at radius 2 is 1.87 bits per heavy atom. The molecule has 2 heterocycles. The number of alkyl halides is 2. The quantitative estimate of drug-likeness (QED) is 0.263. The lowest BCUT2D eigenvalue weighted by Crippen LogP contribution is -2.57. The van der Waals surface area contributed by atoms with Crippen molar-refractivity contribution in [2.75, 3.05) is 9.80 Å². The van der Waals surface area contributed by atoms with Crippen LogP contribution in [0, 0.1) is 23.0 Å². The van der Waals surface area contributed by atoms with Crippen molar-refractivity contribution in [2.24, 2.45) is 0 Å². The van der Waals surface area contributed by atoms with Crippen molar-refractivity contribution in [3.63, 3.8) is 0 Å². The van der Waals surface area contributed by atoms with Gasteiger partial charge in [0.05, 0.1) is 17.3 Å². The van der Waals surface area contributed by atoms with Crippen molar-refractivity contribution in [2.45, 2.75) is 69.5 Å². The Balaban J connectivity index is 1.83. The molecule has 1 aromatic heterocycles. The van der Waals surface area contributed by atoms with Gasteiger partial charge in [0.2, 0.25) is 17.7 Å². The number of amides is 3. The second-order valence-electron chi connectivity index (χ2n) is 10.8. The summed E-state index contributed by atoms with van der Waals surface area (Å²) in [6, 6.07) is 3.22. The van der Waals surface area contributed by atoms with Crippen molar-refractivity contribution in [1.29, 1.82) is 5.26 Å². The van der Waals surface area contributed by atoms with Crippen LogP contribution in [-0.4, -0.2) is 46.8 Å². The van der Waals surface area contributed by atoms with E-state index >= 15 is 0 Å². The van der Waals surface area contributed by atoms with Crippen LogP contribution in [0.3, 0.4) is 0 Å². The molecule has 2 aromatic rings. The van der Waals surface area contributed by atoms with Crippen LogP contribution in [0.15, 0.2) is 71.9 Å². The topological polar surface area (TPSA) is 106 Å². The number of carbonyl (C=O) groups is 3. The van der Waals surface area contributed by atoms with Gasteiger partial charge in [0.15, 0.2) is 0 Å². The smallest absolute Gasteiger partial charge is 0.251 e. The maximum Gasteiger partial charge on any atom is 0.251 e. The fraction of sp³-hybridized carbons (Fsp3) is 0.344. The zero-order valence-corrected chi connectivity index (χ0v) is 25.0. The van der Waals surface area contributed by atoms with Crippen molar-refractivity contribution < 1.29 is 31.9 Å². The average Bonchev–Trinajstić information content (AvgIpc) is 3.39. The SMILES string of the molecule is C=C(/C(Cl)=C\C=C/C)[C@@H](C(=O)NC1CCC(F)(F)CC1)N(C(=O)[C@@H]1CCC(=O)N1c1cc(C#N)ccn1)c1cc(F)cc(F)c1. The number of hydrogen-bond acceptors (Lipinski definition) is 5. The molecule has 0 spiro atoms. The van der Waals surface area contributed by atoms with Crippen LogP contribution >= 0.6 is 11.6 Å². The zero-order valence-electron chi connectivity index (χ0n) is 24.3. The molecular formula is C32H30ClF4N5O3. The normalized spacial score (nSPS) is 19.3. The molecule has 1 aromatic carbocycles. The molecule has 2 atom stereocenters. The Morgan fingerprint density at radius 3 is 2.49 bits per heavy atom. The summed E-state index contributed by atoms with van der Waals surface area (Å²) in [6.07, 6.45) is 4.72. The number of nitrogens with one attached hydrogen (secondary N) is 1. The summed E-state index contributed by atoms with van der Waals surface area (Å²) in [4.78, 5) is 47.6. The number of hydrogen-bond donors (Lipinski definition) is 1. The van der Waals surface area contributed by atoms with E-state index in [0.717, 1.165) is 21.9 Å². The average molecular weight is 644 g/mol. The van der Waals surface area contributed by atoms with Crippen LogP contribution < -0.4 is 15.1 Å². The highest BCUT2D eigenvalue weighted by molar-refractivity contribution is 6.32. The van der Waals surface area contributed by atoms with E-state index in [-0.39, 0.29) is 53.4 Å². The Hall–Kier alpha value is -4.50. The van der Waals surface area contributed by atoms with E-state index in [2.05, 4.69) is 16.9 Å². The molecule has 1 saturated heterocycles. The minimum atomic E-state index is -2.88. The van der Waals surface area contributed by atoms with Gasteiger partial charge < -0.3 is 5.32 Å². The summed E-state index contributed by atoms with van der Waals surface area (Å²) in [5.74, 6) is -7.29. The van der Waals surface area contributed by atoms with Crippen LogP contribution in [0.1, 0.15) is 51.0 Å². The first-order valence-electron chi connectivity index (χ1n) is 14.2. The number of nitriles is 1. The minimum absolute atomic E-state index is 0.00533. The van der Waals surface area contributed by atoms with Gasteiger partial charge in [0.1, 0.15) is 29.5 Å². The molecule has 0 bridgehead atoms. The molecule has 0 radical (unpaired) electrons. The number of benzene rings is 1. The maximum atomic E-state index is 14.6. The largest absolute Gasteiger partial charge is 0.351 e. The number of aromatic nitrogens is 1. The predicted molar refractivity (Wildman–Crippen MR) is 160 cm³/mol. The Kier molecular flexibility index (Phi) is 10.4. The number of nitrogens with zero attached hydrogens (tertiary/aromatic N) is 4. The van der Waals surface area contributed by atoms with Crippen LogP contribution in [0.2, 0.25) is 0 Å². The summed E-state index contributed by atoms with van der Waals surface area (Å²) in [7, 11) is 0. The fourth-order valence-corrected chi connectivity index (χ4v) is 5.56. The van der Waals surface area contributed by atoms with Crippen molar-refractivity contribution in [3.8, 4) is 6.07 Å². The van der Waals surface area contributed by atoms with E-state index in [1.165, 1.54) is 24.4 Å². The lowest BCUT2D eigenvalue weighted by Gasteiger charge is -2.37. The summed E-state index contributed by atoms with van der Waals surface area (Å²) in [6.45, 7) is 5.64. The fourth-order valence-electron chi connectivity index (χ4n) is 5.38. The number of rotatable bonds is 9. The highest BCUT2D eigenvalue weighted by Gasteiger charge is 2.45. The van der Waals surface area contributed by atoms with E-state index in [9.17, 15) is 37.2 Å². The van der Waals surface area contributed by atoms with Gasteiger partial charge in [-0.1, -0.05) is 30.3 Å². The molecule has 2 fully saturated rings. The van der Waals surface area contributed by atoms with Gasteiger partial charge in [-0.3, -0.25) is 24.2 Å². The number of anilines is 2. The molecule has 2 aliphatic rings. The summed E-state index contributed by atoms with van der Waals surface area (Å²) in [5.41, 5.74) is -0.339.